The molecule has 3 aromatic carbocycles. The Bertz CT molecular complexity index is 1400. The highest BCUT2D eigenvalue weighted by atomic mass is 35.5. The second kappa shape index (κ2) is 12.2. The molecule has 1 unspecified atom stereocenters. The lowest BCUT2D eigenvalue weighted by Gasteiger charge is -2.33. The molecular formula is C30H33ClN4O2. The molecule has 1 aromatic heterocycles. The molecular weight excluding hydrogens is 484 g/mol. The number of carbonyl (C=O) groups excluding carboxylic acids is 1. The first-order chi connectivity index (χ1) is 17.9. The maximum atomic E-state index is 13.6. The van der Waals surface area contributed by atoms with Crippen LogP contribution in [-0.4, -0.2) is 33.2 Å². The van der Waals surface area contributed by atoms with Gasteiger partial charge in [-0.05, 0) is 48.7 Å². The first kappa shape index (κ1) is 26.6. The number of carbonyl (C=O) groups is 1. The van der Waals surface area contributed by atoms with Crippen molar-refractivity contribution in [2.45, 2.75) is 45.8 Å². The molecule has 1 atom stereocenters. The zero-order valence-electron chi connectivity index (χ0n) is 21.3. The molecule has 1 amide bonds. The number of amides is 1. The molecule has 0 radical (unpaired) electrons. The number of nitrogens with two attached hydrogens (primary N) is 1. The normalized spacial score (nSPS) is 12.1. The molecule has 0 saturated heterocycles. The molecule has 4 rings (SSSR count). The van der Waals surface area contributed by atoms with Gasteiger partial charge in [-0.2, -0.15) is 5.10 Å². The van der Waals surface area contributed by atoms with Crippen molar-refractivity contribution in [3.05, 3.63) is 111 Å². The van der Waals surface area contributed by atoms with Crippen LogP contribution >= 0.6 is 11.6 Å². The largest absolute Gasteiger partial charge is 0.333 e. The highest BCUT2D eigenvalue weighted by Crippen LogP contribution is 2.24. The van der Waals surface area contributed by atoms with Gasteiger partial charge in [-0.25, -0.2) is 4.68 Å². The van der Waals surface area contributed by atoms with Gasteiger partial charge in [-0.1, -0.05) is 86.1 Å². The van der Waals surface area contributed by atoms with Crippen molar-refractivity contribution < 1.29 is 4.79 Å². The number of hydrogen-bond acceptors (Lipinski definition) is 4. The van der Waals surface area contributed by atoms with Crippen molar-refractivity contribution >= 4 is 28.3 Å². The zero-order valence-corrected chi connectivity index (χ0v) is 22.1. The summed E-state index contributed by atoms with van der Waals surface area (Å²) >= 11 is 6.35. The van der Waals surface area contributed by atoms with Crippen LogP contribution in [0.15, 0.2) is 83.7 Å². The summed E-state index contributed by atoms with van der Waals surface area (Å²) in [6, 6.07) is 24.9. The quantitative estimate of drug-likeness (QED) is 0.320. The third-order valence-electron chi connectivity index (χ3n) is 6.53. The van der Waals surface area contributed by atoms with Crippen LogP contribution in [0, 0.1) is 5.92 Å². The van der Waals surface area contributed by atoms with Gasteiger partial charge in [0, 0.05) is 22.4 Å². The van der Waals surface area contributed by atoms with Crippen LogP contribution in [-0.2, 0) is 24.3 Å². The van der Waals surface area contributed by atoms with Crippen molar-refractivity contribution in [1.29, 1.82) is 0 Å². The third-order valence-corrected chi connectivity index (χ3v) is 6.76. The lowest BCUT2D eigenvalue weighted by atomic mass is 9.99. The van der Waals surface area contributed by atoms with Crippen LogP contribution in [0.2, 0.25) is 5.02 Å². The van der Waals surface area contributed by atoms with E-state index in [4.69, 9.17) is 22.4 Å². The first-order valence-electron chi connectivity index (χ1n) is 12.6. The SMILES string of the molecule is CC(C)C(=O)N(Cc1nn(Cc2ccccc2)c(=O)c2ccc(Cl)cc12)C(CCN)Cc1ccccc1. The van der Waals surface area contributed by atoms with Crippen molar-refractivity contribution in [2.75, 3.05) is 6.54 Å². The molecule has 0 aliphatic heterocycles. The Morgan fingerprint density at radius 2 is 1.62 bits per heavy atom. The van der Waals surface area contributed by atoms with Gasteiger partial charge < -0.3 is 10.6 Å². The molecule has 192 valence electrons. The predicted octanol–water partition coefficient (Wildman–Crippen LogP) is 5.04. The minimum Gasteiger partial charge on any atom is -0.333 e. The molecule has 0 bridgehead atoms. The van der Waals surface area contributed by atoms with E-state index in [0.29, 0.717) is 47.4 Å². The van der Waals surface area contributed by atoms with E-state index in [1.807, 2.05) is 67.3 Å². The van der Waals surface area contributed by atoms with E-state index in [0.717, 1.165) is 11.1 Å². The summed E-state index contributed by atoms with van der Waals surface area (Å²) in [6.45, 7) is 4.83. The number of rotatable bonds is 10. The molecule has 0 aliphatic carbocycles. The lowest BCUT2D eigenvalue weighted by molar-refractivity contribution is -0.137. The van der Waals surface area contributed by atoms with Gasteiger partial charge in [0.15, 0.2) is 0 Å². The van der Waals surface area contributed by atoms with Gasteiger partial charge in [-0.15, -0.1) is 0 Å². The Labute approximate surface area is 222 Å². The maximum absolute atomic E-state index is 13.6. The number of nitrogens with zero attached hydrogens (tertiary/aromatic N) is 3. The van der Waals surface area contributed by atoms with E-state index in [2.05, 4.69) is 12.1 Å². The predicted molar refractivity (Wildman–Crippen MR) is 150 cm³/mol. The Morgan fingerprint density at radius 1 is 0.973 bits per heavy atom. The van der Waals surface area contributed by atoms with Crippen molar-refractivity contribution in [1.82, 2.24) is 14.7 Å². The molecule has 1 heterocycles. The zero-order chi connectivity index (χ0) is 26.4. The summed E-state index contributed by atoms with van der Waals surface area (Å²) in [5.74, 6) is -0.187. The van der Waals surface area contributed by atoms with Crippen molar-refractivity contribution in [3.63, 3.8) is 0 Å². The van der Waals surface area contributed by atoms with Gasteiger partial charge >= 0.3 is 0 Å². The molecule has 37 heavy (non-hydrogen) atoms. The summed E-state index contributed by atoms with van der Waals surface area (Å²) in [5, 5.41) is 6.49. The molecule has 6 nitrogen and oxygen atoms in total. The van der Waals surface area contributed by atoms with Gasteiger partial charge in [0.1, 0.15) is 0 Å². The Balaban J connectivity index is 1.80. The highest BCUT2D eigenvalue weighted by Gasteiger charge is 2.27. The Hall–Kier alpha value is -3.48. The van der Waals surface area contributed by atoms with Crippen LogP contribution in [0.3, 0.4) is 0 Å². The van der Waals surface area contributed by atoms with Gasteiger partial charge in [0.05, 0.1) is 24.2 Å². The van der Waals surface area contributed by atoms with Crippen LogP contribution in [0.4, 0.5) is 0 Å². The van der Waals surface area contributed by atoms with Crippen LogP contribution in [0.25, 0.3) is 10.8 Å². The molecule has 0 aliphatic rings. The second-order valence-electron chi connectivity index (χ2n) is 9.63. The molecule has 7 heteroatoms. The third kappa shape index (κ3) is 6.45. The maximum Gasteiger partial charge on any atom is 0.274 e. The van der Waals surface area contributed by atoms with E-state index < -0.39 is 0 Å². The average molecular weight is 517 g/mol. The molecule has 0 saturated carbocycles. The van der Waals surface area contributed by atoms with Crippen molar-refractivity contribution in [2.24, 2.45) is 11.7 Å². The summed E-state index contributed by atoms with van der Waals surface area (Å²) in [4.78, 5) is 28.8. The molecule has 0 fully saturated rings. The van der Waals surface area contributed by atoms with Gasteiger partial charge in [-0.3, -0.25) is 9.59 Å². The standard InChI is InChI=1S/C30H33ClN4O2/c1-21(2)29(36)34(25(15-16-32)17-22-9-5-3-6-10-22)20-28-27-18-24(31)13-14-26(27)30(37)35(33-28)19-23-11-7-4-8-12-23/h3-14,18,21,25H,15-17,19-20,32H2,1-2H3. The monoisotopic (exact) mass is 516 g/mol. The van der Waals surface area contributed by atoms with E-state index >= 15 is 0 Å². The van der Waals surface area contributed by atoms with E-state index in [1.165, 1.54) is 4.68 Å². The van der Waals surface area contributed by atoms with Gasteiger partial charge in [0.2, 0.25) is 5.91 Å². The topological polar surface area (TPSA) is 81.2 Å². The first-order valence-corrected chi connectivity index (χ1v) is 13.0. The second-order valence-corrected chi connectivity index (χ2v) is 10.1. The molecule has 2 N–H and O–H groups in total. The minimum atomic E-state index is -0.207. The average Bonchev–Trinajstić information content (AvgIpc) is 2.90. The number of hydrogen-bond donors (Lipinski definition) is 1. The lowest BCUT2D eigenvalue weighted by Crippen LogP contribution is -2.44. The summed E-state index contributed by atoms with van der Waals surface area (Å²) in [7, 11) is 0. The number of halogens is 1. The number of fused-ring (bicyclic) bond motifs is 1. The fourth-order valence-electron chi connectivity index (χ4n) is 4.63. The van der Waals surface area contributed by atoms with Gasteiger partial charge in [0.25, 0.3) is 5.56 Å². The fraction of sp³-hybridized carbons (Fsp3) is 0.300. The van der Waals surface area contributed by atoms with E-state index in [9.17, 15) is 9.59 Å². The highest BCUT2D eigenvalue weighted by molar-refractivity contribution is 6.31. The smallest absolute Gasteiger partial charge is 0.274 e. The van der Waals surface area contributed by atoms with Crippen LogP contribution in [0.5, 0.6) is 0 Å². The Morgan fingerprint density at radius 3 is 2.24 bits per heavy atom. The fourth-order valence-corrected chi connectivity index (χ4v) is 4.80. The Kier molecular flexibility index (Phi) is 8.74. The van der Waals surface area contributed by atoms with Crippen LogP contribution in [0.1, 0.15) is 37.1 Å². The summed E-state index contributed by atoms with van der Waals surface area (Å²) in [6.07, 6.45) is 1.33. The van der Waals surface area contributed by atoms with E-state index in [-0.39, 0.29) is 30.0 Å². The van der Waals surface area contributed by atoms with E-state index in [1.54, 1.807) is 18.2 Å². The molecule has 0 spiro atoms. The molecule has 4 aromatic rings. The minimum absolute atomic E-state index is 0.0205. The number of aromatic nitrogens is 2. The summed E-state index contributed by atoms with van der Waals surface area (Å²) in [5.41, 5.74) is 8.57. The van der Waals surface area contributed by atoms with Crippen molar-refractivity contribution in [3.8, 4) is 0 Å². The summed E-state index contributed by atoms with van der Waals surface area (Å²) < 4.78 is 1.48. The number of benzene rings is 3. The van der Waals surface area contributed by atoms with Crippen LogP contribution < -0.4 is 11.3 Å².